The molecule has 0 amide bonds. The highest BCUT2D eigenvalue weighted by atomic mass is 79.9. The number of alkyl halides is 1. The van der Waals surface area contributed by atoms with Gasteiger partial charge in [-0.05, 0) is 47.6 Å². The van der Waals surface area contributed by atoms with Crippen LogP contribution in [0.3, 0.4) is 0 Å². The molecule has 0 fully saturated rings. The molecule has 0 aliphatic carbocycles. The van der Waals surface area contributed by atoms with Crippen LogP contribution in [0, 0.1) is 11.8 Å². The molecule has 0 aliphatic rings. The second-order valence-electron chi connectivity index (χ2n) is 10.3. The summed E-state index contributed by atoms with van der Waals surface area (Å²) in [6.45, 7) is 9.86. The topological polar surface area (TPSA) is 29.5 Å². The summed E-state index contributed by atoms with van der Waals surface area (Å²) in [5.41, 5.74) is 0. The third-order valence-electron chi connectivity index (χ3n) is 7.30. The Bertz CT molecular complexity index is 1170. The zero-order valence-corrected chi connectivity index (χ0v) is 26.1. The molecule has 2 unspecified atom stereocenters. The molecule has 0 saturated heterocycles. The maximum Gasteiger partial charge on any atom is 0.127 e. The number of fused-ring (bicyclic) bond motifs is 2. The monoisotopic (exact) mass is 592 g/mol. The molecule has 4 aromatic carbocycles. The lowest BCUT2D eigenvalue weighted by molar-refractivity contribution is 0.235. The van der Waals surface area contributed by atoms with E-state index in [1.54, 1.807) is 6.07 Å². The number of rotatable bonds is 12. The van der Waals surface area contributed by atoms with Crippen molar-refractivity contribution >= 4 is 37.5 Å². The highest BCUT2D eigenvalue weighted by molar-refractivity contribution is 9.09. The average molecular weight is 594 g/mol. The van der Waals surface area contributed by atoms with Crippen molar-refractivity contribution in [3.63, 3.8) is 0 Å². The van der Waals surface area contributed by atoms with Crippen molar-refractivity contribution in [2.75, 3.05) is 11.9 Å². The van der Waals surface area contributed by atoms with E-state index in [4.69, 9.17) is 4.74 Å². The number of ether oxygens (including phenoxy) is 1. The number of phenolic OH excluding ortho intramolecular Hbond substituents is 1. The Hall–Kier alpha value is -2.52. The van der Waals surface area contributed by atoms with Crippen molar-refractivity contribution in [2.45, 2.75) is 79.1 Å². The van der Waals surface area contributed by atoms with Crippen LogP contribution >= 0.6 is 15.9 Å². The number of benzene rings is 4. The van der Waals surface area contributed by atoms with Crippen molar-refractivity contribution < 1.29 is 9.84 Å². The minimum Gasteiger partial charge on any atom is -0.507 e. The fraction of sp³-hybridized carbons (Fsp3) is 0.444. The van der Waals surface area contributed by atoms with Gasteiger partial charge < -0.3 is 9.84 Å². The van der Waals surface area contributed by atoms with E-state index in [0.717, 1.165) is 29.0 Å². The Balaban J connectivity index is 0.000000226. The van der Waals surface area contributed by atoms with Gasteiger partial charge in [0.05, 0.1) is 6.61 Å². The van der Waals surface area contributed by atoms with Crippen LogP contribution in [0.1, 0.15) is 79.1 Å². The number of aromatic hydroxyl groups is 1. The summed E-state index contributed by atoms with van der Waals surface area (Å²) in [5, 5.41) is 15.0. The van der Waals surface area contributed by atoms with E-state index in [0.29, 0.717) is 11.7 Å². The summed E-state index contributed by atoms with van der Waals surface area (Å²) in [7, 11) is 0. The molecule has 0 heterocycles. The molecule has 0 aliphatic heterocycles. The summed E-state index contributed by atoms with van der Waals surface area (Å²) in [6, 6.07) is 28.0. The second-order valence-corrected chi connectivity index (χ2v) is 10.9. The lowest BCUT2D eigenvalue weighted by Crippen LogP contribution is -2.11. The average Bonchev–Trinajstić information content (AvgIpc) is 2.99. The predicted molar refractivity (Wildman–Crippen MR) is 175 cm³/mol. The lowest BCUT2D eigenvalue weighted by Gasteiger charge is -2.16. The van der Waals surface area contributed by atoms with Crippen LogP contribution in [0.5, 0.6) is 11.5 Å². The zero-order chi connectivity index (χ0) is 28.3. The number of hydrogen-bond acceptors (Lipinski definition) is 2. The van der Waals surface area contributed by atoms with Crippen LogP contribution < -0.4 is 4.74 Å². The number of hydrogen-bond donors (Lipinski definition) is 1. The number of halogens is 1. The molecule has 0 radical (unpaired) electrons. The van der Waals surface area contributed by atoms with Crippen LogP contribution in [0.15, 0.2) is 84.9 Å². The standard InChI is InChI=1S/C18H24O.C10H8O.C8H17Br/c1-3-5-9-15(4-2)14-19-18-13-8-11-16-10-6-7-12-17(16)18;11-10-7-3-5-8-4-1-2-6-9(8)10;1-3-5-6-8(4-2)7-9/h6-8,10-13,15H,3-5,9,14H2,1-2H3;1-7,11H;8H,3-7H2,1-2H3. The molecule has 1 N–H and O–H groups in total. The minimum atomic E-state index is 0.350. The summed E-state index contributed by atoms with van der Waals surface area (Å²) in [6.07, 6.45) is 10.5. The van der Waals surface area contributed by atoms with Crippen LogP contribution in [-0.4, -0.2) is 17.0 Å². The van der Waals surface area contributed by atoms with E-state index in [1.807, 2.05) is 36.4 Å². The van der Waals surface area contributed by atoms with Gasteiger partial charge in [-0.3, -0.25) is 0 Å². The first-order valence-corrected chi connectivity index (χ1v) is 16.0. The third kappa shape index (κ3) is 11.6. The van der Waals surface area contributed by atoms with Gasteiger partial charge in [-0.15, -0.1) is 0 Å². The summed E-state index contributed by atoms with van der Waals surface area (Å²) >= 11 is 3.51. The van der Waals surface area contributed by atoms with Gasteiger partial charge in [0.1, 0.15) is 11.5 Å². The molecule has 4 rings (SSSR count). The maximum atomic E-state index is 9.37. The quantitative estimate of drug-likeness (QED) is 0.166. The van der Waals surface area contributed by atoms with Crippen molar-refractivity contribution in [1.29, 1.82) is 0 Å². The third-order valence-corrected chi connectivity index (χ3v) is 8.21. The lowest BCUT2D eigenvalue weighted by atomic mass is 10.0. The van der Waals surface area contributed by atoms with Crippen molar-refractivity contribution in [1.82, 2.24) is 0 Å². The van der Waals surface area contributed by atoms with Gasteiger partial charge in [0, 0.05) is 16.1 Å². The van der Waals surface area contributed by atoms with Gasteiger partial charge in [-0.1, -0.05) is 155 Å². The minimum absolute atomic E-state index is 0.350. The molecule has 2 atom stereocenters. The van der Waals surface area contributed by atoms with E-state index >= 15 is 0 Å². The fourth-order valence-electron chi connectivity index (χ4n) is 4.52. The van der Waals surface area contributed by atoms with E-state index in [-0.39, 0.29) is 0 Å². The van der Waals surface area contributed by atoms with Gasteiger partial charge in [0.15, 0.2) is 0 Å². The van der Waals surface area contributed by atoms with Gasteiger partial charge >= 0.3 is 0 Å². The largest absolute Gasteiger partial charge is 0.507 e. The first kappa shape index (κ1) is 32.7. The molecule has 0 bridgehead atoms. The van der Waals surface area contributed by atoms with Crippen LogP contribution in [0.2, 0.25) is 0 Å². The molecule has 2 nitrogen and oxygen atoms in total. The SMILES string of the molecule is CCCCC(CC)CBr.CCCCC(CC)COc1cccc2ccccc12.Oc1cccc2ccccc12. The zero-order valence-electron chi connectivity index (χ0n) is 24.5. The van der Waals surface area contributed by atoms with Crippen LogP contribution in [0.4, 0.5) is 0 Å². The molecule has 3 heteroatoms. The molecular weight excluding hydrogens is 544 g/mol. The summed E-state index contributed by atoms with van der Waals surface area (Å²) in [4.78, 5) is 0. The Morgan fingerprint density at radius 2 is 1.15 bits per heavy atom. The van der Waals surface area contributed by atoms with Gasteiger partial charge in [0.2, 0.25) is 0 Å². The fourth-order valence-corrected chi connectivity index (χ4v) is 5.30. The Labute approximate surface area is 245 Å². The summed E-state index contributed by atoms with van der Waals surface area (Å²) < 4.78 is 6.07. The van der Waals surface area contributed by atoms with Crippen LogP contribution in [-0.2, 0) is 0 Å². The maximum absolute atomic E-state index is 9.37. The molecule has 0 spiro atoms. The Morgan fingerprint density at radius 3 is 1.72 bits per heavy atom. The second kappa shape index (κ2) is 19.5. The molecular formula is C36H49BrO2. The normalized spacial score (nSPS) is 12.1. The van der Waals surface area contributed by atoms with Gasteiger partial charge in [-0.25, -0.2) is 0 Å². The van der Waals surface area contributed by atoms with E-state index in [9.17, 15) is 5.11 Å². The van der Waals surface area contributed by atoms with E-state index in [1.165, 1.54) is 67.5 Å². The molecule has 0 saturated carbocycles. The van der Waals surface area contributed by atoms with Crippen molar-refractivity contribution in [3.8, 4) is 11.5 Å². The molecule has 212 valence electrons. The van der Waals surface area contributed by atoms with E-state index in [2.05, 4.69) is 86.1 Å². The van der Waals surface area contributed by atoms with Gasteiger partial charge in [-0.2, -0.15) is 0 Å². The van der Waals surface area contributed by atoms with Crippen LogP contribution in [0.25, 0.3) is 21.5 Å². The van der Waals surface area contributed by atoms with Crippen molar-refractivity contribution in [3.05, 3.63) is 84.9 Å². The highest BCUT2D eigenvalue weighted by Gasteiger charge is 2.08. The summed E-state index contributed by atoms with van der Waals surface area (Å²) in [5.74, 6) is 2.97. The number of phenols is 1. The highest BCUT2D eigenvalue weighted by Crippen LogP contribution is 2.26. The molecule has 0 aromatic heterocycles. The Kier molecular flexibility index (Phi) is 16.4. The van der Waals surface area contributed by atoms with E-state index < -0.39 is 0 Å². The number of unbranched alkanes of at least 4 members (excludes halogenated alkanes) is 2. The predicted octanol–water partition coefficient (Wildman–Crippen LogP) is 11.6. The first-order valence-electron chi connectivity index (χ1n) is 14.9. The first-order chi connectivity index (χ1) is 19.1. The molecule has 39 heavy (non-hydrogen) atoms. The van der Waals surface area contributed by atoms with Gasteiger partial charge in [0.25, 0.3) is 0 Å². The molecule has 4 aromatic rings. The smallest absolute Gasteiger partial charge is 0.127 e. The Morgan fingerprint density at radius 1 is 0.641 bits per heavy atom. The van der Waals surface area contributed by atoms with Crippen molar-refractivity contribution in [2.24, 2.45) is 11.8 Å².